The Labute approximate surface area is 179 Å². The first kappa shape index (κ1) is 22.3. The van der Waals surface area contributed by atoms with E-state index in [1.165, 1.54) is 17.7 Å². The fraction of sp³-hybridized carbons (Fsp3) is 0.480. The van der Waals surface area contributed by atoms with E-state index in [4.69, 9.17) is 4.74 Å². The number of hydrogen-bond donors (Lipinski definition) is 1. The molecule has 5 heteroatoms. The SMILES string of the molecule is CC(C)(C)c1ccc(OCCNC(=O)[C@H]2CCCN(Cc3ccc(F)cc3)C2)cc1. The second kappa shape index (κ2) is 10.1. The maximum absolute atomic E-state index is 13.1. The highest BCUT2D eigenvalue weighted by molar-refractivity contribution is 5.78. The van der Waals surface area contributed by atoms with Crippen molar-refractivity contribution in [3.8, 4) is 5.75 Å². The van der Waals surface area contributed by atoms with Gasteiger partial charge in [0.1, 0.15) is 18.2 Å². The van der Waals surface area contributed by atoms with E-state index in [0.717, 1.165) is 43.8 Å². The Morgan fingerprint density at radius 1 is 1.13 bits per heavy atom. The molecule has 0 aliphatic carbocycles. The van der Waals surface area contributed by atoms with Crippen molar-refractivity contribution in [1.29, 1.82) is 0 Å². The summed E-state index contributed by atoms with van der Waals surface area (Å²) in [6.45, 7) is 9.95. The number of carbonyl (C=O) groups is 1. The summed E-state index contributed by atoms with van der Waals surface area (Å²) < 4.78 is 18.8. The minimum absolute atomic E-state index is 0.00901. The fourth-order valence-corrected chi connectivity index (χ4v) is 3.80. The van der Waals surface area contributed by atoms with E-state index in [1.54, 1.807) is 0 Å². The predicted molar refractivity (Wildman–Crippen MR) is 118 cm³/mol. The molecule has 0 saturated carbocycles. The molecule has 1 heterocycles. The van der Waals surface area contributed by atoms with Gasteiger partial charge in [0.05, 0.1) is 12.5 Å². The summed E-state index contributed by atoms with van der Waals surface area (Å²) in [5.41, 5.74) is 2.46. The molecule has 0 radical (unpaired) electrons. The minimum Gasteiger partial charge on any atom is -0.492 e. The molecule has 2 aromatic carbocycles. The van der Waals surface area contributed by atoms with E-state index in [1.807, 2.05) is 24.3 Å². The lowest BCUT2D eigenvalue weighted by atomic mass is 9.87. The van der Waals surface area contributed by atoms with Crippen LogP contribution < -0.4 is 10.1 Å². The molecule has 4 nitrogen and oxygen atoms in total. The van der Waals surface area contributed by atoms with E-state index in [2.05, 4.69) is 43.1 Å². The molecule has 162 valence electrons. The summed E-state index contributed by atoms with van der Waals surface area (Å²) in [5.74, 6) is 0.679. The summed E-state index contributed by atoms with van der Waals surface area (Å²) in [5, 5.41) is 3.01. The van der Waals surface area contributed by atoms with Crippen LogP contribution in [0.1, 0.15) is 44.7 Å². The third-order valence-corrected chi connectivity index (χ3v) is 5.59. The van der Waals surface area contributed by atoms with Crippen LogP contribution in [0.2, 0.25) is 0 Å². The van der Waals surface area contributed by atoms with Gasteiger partial charge in [0.2, 0.25) is 5.91 Å². The molecule has 0 unspecified atom stereocenters. The van der Waals surface area contributed by atoms with Gasteiger partial charge >= 0.3 is 0 Å². The number of benzene rings is 2. The maximum Gasteiger partial charge on any atom is 0.224 e. The van der Waals surface area contributed by atoms with Crippen molar-refractivity contribution < 1.29 is 13.9 Å². The Bertz CT molecular complexity index is 813. The molecular weight excluding hydrogens is 379 g/mol. The molecule has 30 heavy (non-hydrogen) atoms. The van der Waals surface area contributed by atoms with Crippen molar-refractivity contribution in [2.45, 2.75) is 45.6 Å². The zero-order chi connectivity index (χ0) is 21.6. The Balaban J connectivity index is 1.39. The quantitative estimate of drug-likeness (QED) is 0.680. The average molecular weight is 413 g/mol. The van der Waals surface area contributed by atoms with Crippen LogP contribution >= 0.6 is 0 Å². The van der Waals surface area contributed by atoms with Crippen LogP contribution in [0.15, 0.2) is 48.5 Å². The maximum atomic E-state index is 13.1. The number of carbonyl (C=O) groups excluding carboxylic acids is 1. The van der Waals surface area contributed by atoms with Crippen LogP contribution in [0.25, 0.3) is 0 Å². The van der Waals surface area contributed by atoms with E-state index < -0.39 is 0 Å². The molecule has 3 rings (SSSR count). The average Bonchev–Trinajstić information content (AvgIpc) is 2.73. The molecule has 1 atom stereocenters. The largest absolute Gasteiger partial charge is 0.492 e. The molecule has 2 aromatic rings. The molecule has 1 amide bonds. The van der Waals surface area contributed by atoms with Crippen molar-refractivity contribution in [2.24, 2.45) is 5.92 Å². The van der Waals surface area contributed by atoms with Gasteiger partial charge in [-0.25, -0.2) is 4.39 Å². The van der Waals surface area contributed by atoms with Gasteiger partial charge in [0.25, 0.3) is 0 Å². The smallest absolute Gasteiger partial charge is 0.224 e. The van der Waals surface area contributed by atoms with Crippen LogP contribution in [0.3, 0.4) is 0 Å². The number of likely N-dealkylation sites (tertiary alicyclic amines) is 1. The zero-order valence-corrected chi connectivity index (χ0v) is 18.3. The van der Waals surface area contributed by atoms with Crippen LogP contribution in [0.4, 0.5) is 4.39 Å². The molecule has 1 N–H and O–H groups in total. The Hall–Kier alpha value is -2.40. The number of nitrogens with zero attached hydrogens (tertiary/aromatic N) is 1. The van der Waals surface area contributed by atoms with E-state index >= 15 is 0 Å². The third kappa shape index (κ3) is 6.56. The lowest BCUT2D eigenvalue weighted by molar-refractivity contribution is -0.126. The second-order valence-corrected chi connectivity index (χ2v) is 9.11. The lowest BCUT2D eigenvalue weighted by Gasteiger charge is -2.32. The molecular formula is C25H33FN2O2. The number of hydrogen-bond acceptors (Lipinski definition) is 3. The fourth-order valence-electron chi connectivity index (χ4n) is 3.80. The van der Waals surface area contributed by atoms with Gasteiger partial charge in [-0.2, -0.15) is 0 Å². The number of rotatable bonds is 7. The van der Waals surface area contributed by atoms with Crippen molar-refractivity contribution in [1.82, 2.24) is 10.2 Å². The molecule has 1 aliphatic rings. The molecule has 0 aromatic heterocycles. The van der Waals surface area contributed by atoms with Crippen LogP contribution in [0.5, 0.6) is 5.75 Å². The van der Waals surface area contributed by atoms with Gasteiger partial charge in [-0.1, -0.05) is 45.0 Å². The third-order valence-electron chi connectivity index (χ3n) is 5.59. The summed E-state index contributed by atoms with van der Waals surface area (Å²) >= 11 is 0. The van der Waals surface area contributed by atoms with E-state index in [9.17, 15) is 9.18 Å². The first-order chi connectivity index (χ1) is 14.3. The van der Waals surface area contributed by atoms with Crippen molar-refractivity contribution >= 4 is 5.91 Å². The number of nitrogens with one attached hydrogen (secondary N) is 1. The molecule has 1 saturated heterocycles. The first-order valence-corrected chi connectivity index (χ1v) is 10.8. The topological polar surface area (TPSA) is 41.6 Å². The normalized spacial score (nSPS) is 17.5. The van der Waals surface area contributed by atoms with E-state index in [0.29, 0.717) is 13.2 Å². The Kier molecular flexibility index (Phi) is 7.48. The number of ether oxygens (including phenoxy) is 1. The molecule has 1 aliphatic heterocycles. The van der Waals surface area contributed by atoms with Gasteiger partial charge in [0, 0.05) is 13.1 Å². The number of halogens is 1. The van der Waals surface area contributed by atoms with Crippen LogP contribution in [-0.2, 0) is 16.8 Å². The summed E-state index contributed by atoms with van der Waals surface area (Å²) in [6.07, 6.45) is 1.90. The van der Waals surface area contributed by atoms with Gasteiger partial charge in [0.15, 0.2) is 0 Å². The highest BCUT2D eigenvalue weighted by atomic mass is 19.1. The van der Waals surface area contributed by atoms with Crippen molar-refractivity contribution in [2.75, 3.05) is 26.2 Å². The minimum atomic E-state index is -0.220. The summed E-state index contributed by atoms with van der Waals surface area (Å²) in [7, 11) is 0. The van der Waals surface area contributed by atoms with Crippen LogP contribution in [0, 0.1) is 11.7 Å². The first-order valence-electron chi connectivity index (χ1n) is 10.8. The number of piperidine rings is 1. The molecule has 1 fully saturated rings. The standard InChI is InChI=1S/C25H33FN2O2/c1-25(2,3)21-8-12-23(13-9-21)30-16-14-27-24(29)20-5-4-15-28(18-20)17-19-6-10-22(26)11-7-19/h6-13,20H,4-5,14-18H2,1-3H3,(H,27,29)/t20-/m0/s1. The summed E-state index contributed by atoms with van der Waals surface area (Å²) in [4.78, 5) is 14.8. The zero-order valence-electron chi connectivity index (χ0n) is 18.3. The molecule has 0 spiro atoms. The van der Waals surface area contributed by atoms with Crippen molar-refractivity contribution in [3.63, 3.8) is 0 Å². The van der Waals surface area contributed by atoms with Crippen LogP contribution in [-0.4, -0.2) is 37.0 Å². The van der Waals surface area contributed by atoms with Gasteiger partial charge in [-0.3, -0.25) is 9.69 Å². The monoisotopic (exact) mass is 412 g/mol. The Morgan fingerprint density at radius 2 is 1.83 bits per heavy atom. The molecule has 0 bridgehead atoms. The van der Waals surface area contributed by atoms with Gasteiger partial charge in [-0.15, -0.1) is 0 Å². The Morgan fingerprint density at radius 3 is 2.50 bits per heavy atom. The van der Waals surface area contributed by atoms with Crippen molar-refractivity contribution in [3.05, 3.63) is 65.5 Å². The van der Waals surface area contributed by atoms with Gasteiger partial charge in [-0.05, 0) is 60.2 Å². The van der Waals surface area contributed by atoms with Gasteiger partial charge < -0.3 is 10.1 Å². The second-order valence-electron chi connectivity index (χ2n) is 9.11. The summed E-state index contributed by atoms with van der Waals surface area (Å²) in [6, 6.07) is 14.7. The highest BCUT2D eigenvalue weighted by Crippen LogP contribution is 2.24. The highest BCUT2D eigenvalue weighted by Gasteiger charge is 2.25. The lowest BCUT2D eigenvalue weighted by Crippen LogP contribution is -2.43. The van der Waals surface area contributed by atoms with E-state index in [-0.39, 0.29) is 23.1 Å². The predicted octanol–water partition coefficient (Wildman–Crippen LogP) is 4.53. The number of amides is 1.